The smallest absolute Gasteiger partial charge is 0.257 e. The lowest BCUT2D eigenvalue weighted by atomic mass is 10.0. The van der Waals surface area contributed by atoms with Gasteiger partial charge in [-0.25, -0.2) is 9.37 Å². The minimum Gasteiger partial charge on any atom is -0.497 e. The second-order valence-corrected chi connectivity index (χ2v) is 10.6. The highest BCUT2D eigenvalue weighted by molar-refractivity contribution is 5.99. The number of hydrogen-bond acceptors (Lipinski definition) is 5. The highest BCUT2D eigenvalue weighted by Crippen LogP contribution is 2.27. The average Bonchev–Trinajstić information content (AvgIpc) is 3.67. The molecule has 218 valence electrons. The summed E-state index contributed by atoms with van der Waals surface area (Å²) in [6, 6.07) is 21.3. The molecule has 42 heavy (non-hydrogen) atoms. The highest BCUT2D eigenvalue weighted by Gasteiger charge is 2.27. The van der Waals surface area contributed by atoms with Crippen molar-refractivity contribution in [3.05, 3.63) is 95.9 Å². The summed E-state index contributed by atoms with van der Waals surface area (Å²) in [4.78, 5) is 32.9. The van der Waals surface area contributed by atoms with Crippen LogP contribution in [0.4, 0.5) is 10.3 Å². The van der Waals surface area contributed by atoms with Crippen molar-refractivity contribution in [1.29, 1.82) is 0 Å². The zero-order valence-corrected chi connectivity index (χ0v) is 24.0. The van der Waals surface area contributed by atoms with Crippen molar-refractivity contribution in [2.45, 2.75) is 38.7 Å². The van der Waals surface area contributed by atoms with Crippen molar-refractivity contribution in [1.82, 2.24) is 14.5 Å². The van der Waals surface area contributed by atoms with E-state index < -0.39 is 17.6 Å². The van der Waals surface area contributed by atoms with Gasteiger partial charge in [-0.1, -0.05) is 38.1 Å². The van der Waals surface area contributed by atoms with Crippen LogP contribution in [0.3, 0.4) is 0 Å². The average molecular weight is 571 g/mol. The first kappa shape index (κ1) is 29.0. The molecule has 0 unspecified atom stereocenters. The molecular weight excluding hydrogens is 535 g/mol. The summed E-state index contributed by atoms with van der Waals surface area (Å²) in [5, 5.41) is 2.90. The Hall–Kier alpha value is -4.50. The molecular formula is C33H35FN4O4. The zero-order valence-electron chi connectivity index (χ0n) is 24.0. The van der Waals surface area contributed by atoms with E-state index in [0.29, 0.717) is 24.2 Å². The Balaban J connectivity index is 1.43. The van der Waals surface area contributed by atoms with Gasteiger partial charge in [-0.15, -0.1) is 0 Å². The van der Waals surface area contributed by atoms with Gasteiger partial charge in [0.1, 0.15) is 18.1 Å². The predicted octanol–water partition coefficient (Wildman–Crippen LogP) is 6.07. The number of nitrogens with one attached hydrogen (secondary N) is 1. The molecule has 8 nitrogen and oxygen atoms in total. The summed E-state index contributed by atoms with van der Waals surface area (Å²) in [7, 11) is 1.61. The molecule has 0 bridgehead atoms. The number of carbonyl (C=O) groups excluding carboxylic acids is 2. The van der Waals surface area contributed by atoms with Gasteiger partial charge in [0, 0.05) is 30.6 Å². The van der Waals surface area contributed by atoms with Gasteiger partial charge in [0.15, 0.2) is 0 Å². The molecule has 1 saturated heterocycles. The fourth-order valence-corrected chi connectivity index (χ4v) is 4.98. The number of ether oxygens (including phenoxy) is 2. The van der Waals surface area contributed by atoms with Gasteiger partial charge >= 0.3 is 0 Å². The quantitative estimate of drug-likeness (QED) is 0.250. The van der Waals surface area contributed by atoms with Crippen LogP contribution in [0.5, 0.6) is 5.75 Å². The molecule has 2 heterocycles. The number of aromatic nitrogens is 2. The lowest BCUT2D eigenvalue weighted by Gasteiger charge is -2.25. The van der Waals surface area contributed by atoms with E-state index in [1.54, 1.807) is 13.2 Å². The molecule has 1 aromatic heterocycles. The van der Waals surface area contributed by atoms with Crippen LogP contribution in [0.25, 0.3) is 16.9 Å². The van der Waals surface area contributed by atoms with E-state index in [1.165, 1.54) is 28.7 Å². The lowest BCUT2D eigenvalue weighted by molar-refractivity contribution is -0.117. The predicted molar refractivity (Wildman–Crippen MR) is 160 cm³/mol. The molecule has 0 spiro atoms. The van der Waals surface area contributed by atoms with Crippen LogP contribution in [0.2, 0.25) is 0 Å². The first-order valence-corrected chi connectivity index (χ1v) is 14.1. The topological polar surface area (TPSA) is 85.7 Å². The molecule has 1 aliphatic rings. The third-order valence-electron chi connectivity index (χ3n) is 7.35. The fourth-order valence-electron chi connectivity index (χ4n) is 4.98. The molecule has 1 N–H and O–H groups in total. The van der Waals surface area contributed by atoms with Crippen molar-refractivity contribution in [2.24, 2.45) is 0 Å². The maximum absolute atomic E-state index is 14.5. The minimum atomic E-state index is -0.634. The molecule has 2 amide bonds. The standard InChI is InChI=1S/C33H35FN4O4/c1-22(2)23-10-14-25(15-11-23)38-20-30(24-12-16-26(41-3)17-13-24)35-33(38)36-31(39)21-37(19-27-7-6-18-42-27)32(40)28-8-4-5-9-29(28)34/h4-5,8-17,20,22,27H,6-7,18-19,21H2,1-3H3,(H,35,36,39)/t27-/m0/s1. The first-order valence-electron chi connectivity index (χ1n) is 14.1. The Morgan fingerprint density at radius 3 is 2.48 bits per heavy atom. The van der Waals surface area contributed by atoms with E-state index in [2.05, 4.69) is 31.3 Å². The lowest BCUT2D eigenvalue weighted by Crippen LogP contribution is -2.42. The number of nitrogens with zero attached hydrogens (tertiary/aromatic N) is 3. The Morgan fingerprint density at radius 2 is 1.83 bits per heavy atom. The summed E-state index contributed by atoms with van der Waals surface area (Å²) in [5.41, 5.74) is 3.42. The molecule has 0 saturated carbocycles. The molecule has 0 aliphatic carbocycles. The van der Waals surface area contributed by atoms with Gasteiger partial charge in [-0.05, 0) is 72.9 Å². The number of halogens is 1. The van der Waals surface area contributed by atoms with E-state index in [0.717, 1.165) is 29.8 Å². The number of rotatable bonds is 10. The second kappa shape index (κ2) is 13.0. The van der Waals surface area contributed by atoms with E-state index in [1.807, 2.05) is 47.2 Å². The fraction of sp³-hybridized carbons (Fsp3) is 0.303. The van der Waals surface area contributed by atoms with Crippen LogP contribution in [-0.2, 0) is 9.53 Å². The highest BCUT2D eigenvalue weighted by atomic mass is 19.1. The summed E-state index contributed by atoms with van der Waals surface area (Å²) in [5.74, 6) is -0.252. The Kier molecular flexibility index (Phi) is 8.97. The number of hydrogen-bond donors (Lipinski definition) is 1. The van der Waals surface area contributed by atoms with Gasteiger partial charge in [0.2, 0.25) is 11.9 Å². The monoisotopic (exact) mass is 570 g/mol. The largest absolute Gasteiger partial charge is 0.497 e. The molecule has 3 aromatic carbocycles. The van der Waals surface area contributed by atoms with Crippen molar-refractivity contribution >= 4 is 17.8 Å². The molecule has 9 heteroatoms. The van der Waals surface area contributed by atoms with Gasteiger partial charge in [-0.3, -0.25) is 19.5 Å². The number of carbonyl (C=O) groups is 2. The maximum atomic E-state index is 14.5. The van der Waals surface area contributed by atoms with Crippen LogP contribution < -0.4 is 10.1 Å². The van der Waals surface area contributed by atoms with Crippen LogP contribution >= 0.6 is 0 Å². The van der Waals surface area contributed by atoms with E-state index >= 15 is 0 Å². The van der Waals surface area contributed by atoms with Crippen molar-refractivity contribution in [2.75, 3.05) is 32.1 Å². The normalized spacial score (nSPS) is 14.6. The van der Waals surface area contributed by atoms with Crippen LogP contribution in [0, 0.1) is 5.82 Å². The van der Waals surface area contributed by atoms with E-state index in [4.69, 9.17) is 14.5 Å². The number of benzene rings is 3. The summed E-state index contributed by atoms with van der Waals surface area (Å²) >= 11 is 0. The minimum absolute atomic E-state index is 0.0863. The number of amides is 2. The molecule has 1 aliphatic heterocycles. The van der Waals surface area contributed by atoms with E-state index in [-0.39, 0.29) is 24.8 Å². The number of anilines is 1. The van der Waals surface area contributed by atoms with Crippen LogP contribution in [-0.4, -0.2) is 59.2 Å². The maximum Gasteiger partial charge on any atom is 0.257 e. The molecule has 1 atom stereocenters. The third-order valence-corrected chi connectivity index (χ3v) is 7.35. The van der Waals surface area contributed by atoms with Gasteiger partial charge in [-0.2, -0.15) is 0 Å². The summed E-state index contributed by atoms with van der Waals surface area (Å²) in [6.45, 7) is 4.75. The van der Waals surface area contributed by atoms with E-state index in [9.17, 15) is 14.0 Å². The molecule has 5 rings (SSSR count). The van der Waals surface area contributed by atoms with Crippen molar-refractivity contribution in [3.63, 3.8) is 0 Å². The number of methoxy groups -OCH3 is 1. The Morgan fingerprint density at radius 1 is 1.10 bits per heavy atom. The van der Waals surface area contributed by atoms with Crippen LogP contribution in [0.1, 0.15) is 48.5 Å². The van der Waals surface area contributed by atoms with Gasteiger partial charge in [0.25, 0.3) is 5.91 Å². The first-order chi connectivity index (χ1) is 20.3. The van der Waals surface area contributed by atoms with Crippen LogP contribution in [0.15, 0.2) is 79.0 Å². The van der Waals surface area contributed by atoms with Gasteiger partial charge in [0.05, 0.1) is 24.5 Å². The second-order valence-electron chi connectivity index (χ2n) is 10.6. The molecule has 0 radical (unpaired) electrons. The number of imidazole rings is 1. The Bertz CT molecular complexity index is 1530. The zero-order chi connectivity index (χ0) is 29.6. The SMILES string of the molecule is COc1ccc(-c2cn(-c3ccc(C(C)C)cc3)c(NC(=O)CN(C[C@@H]3CCCO3)C(=O)c3ccccc3F)n2)cc1. The summed E-state index contributed by atoms with van der Waals surface area (Å²) in [6.07, 6.45) is 3.29. The Labute approximate surface area is 245 Å². The third kappa shape index (κ3) is 6.69. The van der Waals surface area contributed by atoms with Crippen molar-refractivity contribution in [3.8, 4) is 22.7 Å². The molecule has 1 fully saturated rings. The molecule has 4 aromatic rings. The van der Waals surface area contributed by atoms with Crippen molar-refractivity contribution < 1.29 is 23.5 Å². The van der Waals surface area contributed by atoms with Gasteiger partial charge < -0.3 is 14.4 Å². The summed E-state index contributed by atoms with van der Waals surface area (Å²) < 4.78 is 27.3.